The molecular formula is C15H12Cl2N2O. The molecule has 0 saturated carbocycles. The van der Waals surface area contributed by atoms with E-state index in [4.69, 9.17) is 23.2 Å². The summed E-state index contributed by atoms with van der Waals surface area (Å²) < 4.78 is 0. The Morgan fingerprint density at radius 2 is 1.75 bits per heavy atom. The summed E-state index contributed by atoms with van der Waals surface area (Å²) in [6.45, 7) is 0.660. The van der Waals surface area contributed by atoms with Crippen molar-refractivity contribution in [1.29, 1.82) is 0 Å². The number of hydrogen-bond acceptors (Lipinski definition) is 1. The Hall–Kier alpha value is -1.71. The molecule has 0 spiro atoms. The van der Waals surface area contributed by atoms with Gasteiger partial charge in [0.25, 0.3) is 0 Å². The number of benzene rings is 2. The number of halogens is 2. The van der Waals surface area contributed by atoms with Crippen LogP contribution in [-0.4, -0.2) is 12.6 Å². The summed E-state index contributed by atoms with van der Waals surface area (Å²) >= 11 is 12.1. The highest BCUT2D eigenvalue weighted by atomic mass is 35.5. The Bertz CT molecular complexity index is 652. The second-order valence-corrected chi connectivity index (χ2v) is 5.37. The first-order chi connectivity index (χ1) is 9.66. The third kappa shape index (κ3) is 2.35. The van der Waals surface area contributed by atoms with Crippen LogP contribution in [0.3, 0.4) is 0 Å². The molecule has 0 fully saturated rings. The van der Waals surface area contributed by atoms with E-state index < -0.39 is 0 Å². The lowest BCUT2D eigenvalue weighted by Crippen LogP contribution is -2.33. The van der Waals surface area contributed by atoms with Crippen LogP contribution in [0.15, 0.2) is 42.5 Å². The van der Waals surface area contributed by atoms with Gasteiger partial charge in [0.1, 0.15) is 0 Å². The Morgan fingerprint density at radius 1 is 1.05 bits per heavy atom. The molecule has 1 N–H and O–H groups in total. The predicted molar refractivity (Wildman–Crippen MR) is 83.0 cm³/mol. The molecule has 0 aliphatic carbocycles. The number of anilines is 2. The molecule has 0 aromatic heterocycles. The van der Waals surface area contributed by atoms with Gasteiger partial charge in [-0.15, -0.1) is 0 Å². The molecule has 20 heavy (non-hydrogen) atoms. The minimum Gasteiger partial charge on any atom is -0.305 e. The summed E-state index contributed by atoms with van der Waals surface area (Å²) in [4.78, 5) is 14.1. The lowest BCUT2D eigenvalue weighted by Gasteiger charge is -2.19. The lowest BCUT2D eigenvalue weighted by atomic mass is 10.2. The van der Waals surface area contributed by atoms with Crippen molar-refractivity contribution in [3.63, 3.8) is 0 Å². The third-order valence-electron chi connectivity index (χ3n) is 3.33. The smallest absolute Gasteiger partial charge is 0.305 e. The minimum atomic E-state index is -0.218. The van der Waals surface area contributed by atoms with Crippen molar-refractivity contribution in [3.8, 4) is 0 Å². The fourth-order valence-electron chi connectivity index (χ4n) is 2.34. The van der Waals surface area contributed by atoms with E-state index in [1.807, 2.05) is 24.3 Å². The standard InChI is InChI=1S/C15H12Cl2N2O/c16-11-5-3-6-12(17)14(11)18-15(20)19-9-8-10-4-1-2-7-13(10)19/h1-7H,8-9H2,(H,18,20). The molecule has 0 atom stereocenters. The molecule has 1 heterocycles. The largest absolute Gasteiger partial charge is 0.326 e. The first-order valence-electron chi connectivity index (χ1n) is 6.27. The number of nitrogens with one attached hydrogen (secondary N) is 1. The fourth-order valence-corrected chi connectivity index (χ4v) is 2.83. The zero-order valence-electron chi connectivity index (χ0n) is 10.6. The molecule has 5 heteroatoms. The van der Waals surface area contributed by atoms with E-state index in [2.05, 4.69) is 5.32 Å². The molecule has 2 aromatic carbocycles. The first-order valence-corrected chi connectivity index (χ1v) is 7.03. The first kappa shape index (κ1) is 13.3. The van der Waals surface area contributed by atoms with Crippen LogP contribution in [0, 0.1) is 0 Å². The molecule has 3 rings (SSSR count). The van der Waals surface area contributed by atoms with Gasteiger partial charge in [0, 0.05) is 12.2 Å². The van der Waals surface area contributed by atoms with E-state index in [0.717, 1.165) is 12.1 Å². The summed E-state index contributed by atoms with van der Waals surface area (Å²) in [6.07, 6.45) is 0.861. The summed E-state index contributed by atoms with van der Waals surface area (Å²) in [5.74, 6) is 0. The van der Waals surface area contributed by atoms with Gasteiger partial charge in [-0.25, -0.2) is 4.79 Å². The third-order valence-corrected chi connectivity index (χ3v) is 3.96. The molecule has 3 nitrogen and oxygen atoms in total. The van der Waals surface area contributed by atoms with Crippen LogP contribution in [0.4, 0.5) is 16.2 Å². The van der Waals surface area contributed by atoms with E-state index in [0.29, 0.717) is 22.3 Å². The van der Waals surface area contributed by atoms with E-state index in [1.54, 1.807) is 23.1 Å². The highest BCUT2D eigenvalue weighted by Crippen LogP contribution is 2.32. The summed E-state index contributed by atoms with van der Waals surface area (Å²) in [5.41, 5.74) is 2.56. The van der Waals surface area contributed by atoms with Crippen LogP contribution in [-0.2, 0) is 6.42 Å². The van der Waals surface area contributed by atoms with Gasteiger partial charge in [0.05, 0.1) is 15.7 Å². The second-order valence-electron chi connectivity index (χ2n) is 4.56. The second kappa shape index (κ2) is 5.35. The maximum atomic E-state index is 12.4. The Morgan fingerprint density at radius 3 is 2.50 bits per heavy atom. The summed E-state index contributed by atoms with van der Waals surface area (Å²) in [5, 5.41) is 3.64. The van der Waals surface area contributed by atoms with E-state index in [1.165, 1.54) is 5.56 Å². The van der Waals surface area contributed by atoms with Crippen LogP contribution in [0.2, 0.25) is 10.0 Å². The van der Waals surface area contributed by atoms with E-state index in [-0.39, 0.29) is 6.03 Å². The molecule has 1 aliphatic rings. The Labute approximate surface area is 127 Å². The zero-order valence-corrected chi connectivity index (χ0v) is 12.1. The van der Waals surface area contributed by atoms with Crippen molar-refractivity contribution in [2.45, 2.75) is 6.42 Å². The molecular weight excluding hydrogens is 295 g/mol. The fraction of sp³-hybridized carbons (Fsp3) is 0.133. The molecule has 1 aliphatic heterocycles. The molecule has 0 radical (unpaired) electrons. The van der Waals surface area contributed by atoms with E-state index >= 15 is 0 Å². The number of hydrogen-bond donors (Lipinski definition) is 1. The number of urea groups is 1. The summed E-state index contributed by atoms with van der Waals surface area (Å²) in [6, 6.07) is 12.8. The molecule has 0 saturated heterocycles. The van der Waals surface area contributed by atoms with Crippen LogP contribution in [0.5, 0.6) is 0 Å². The Kier molecular flexibility index (Phi) is 3.55. The quantitative estimate of drug-likeness (QED) is 0.821. The van der Waals surface area contributed by atoms with Gasteiger partial charge in [-0.05, 0) is 30.2 Å². The predicted octanol–water partition coefficient (Wildman–Crippen LogP) is 4.59. The average molecular weight is 307 g/mol. The molecule has 2 amide bonds. The zero-order chi connectivity index (χ0) is 14.1. The molecule has 0 unspecified atom stereocenters. The number of amides is 2. The number of carbonyl (C=O) groups is 1. The number of fused-ring (bicyclic) bond motifs is 1. The van der Waals surface area contributed by atoms with Gasteiger partial charge in [-0.3, -0.25) is 4.90 Å². The highest BCUT2D eigenvalue weighted by Gasteiger charge is 2.24. The number of carbonyl (C=O) groups excluding carboxylic acids is 1. The molecule has 0 bridgehead atoms. The average Bonchev–Trinajstić information content (AvgIpc) is 2.87. The van der Waals surface area contributed by atoms with Crippen LogP contribution in [0.1, 0.15) is 5.56 Å². The van der Waals surface area contributed by atoms with Gasteiger partial charge in [-0.1, -0.05) is 47.5 Å². The highest BCUT2D eigenvalue weighted by molar-refractivity contribution is 6.39. The maximum Gasteiger partial charge on any atom is 0.326 e. The molecule has 102 valence electrons. The Balaban J connectivity index is 1.85. The van der Waals surface area contributed by atoms with Crippen molar-refractivity contribution < 1.29 is 4.79 Å². The van der Waals surface area contributed by atoms with Crippen LogP contribution >= 0.6 is 23.2 Å². The molecule has 2 aromatic rings. The van der Waals surface area contributed by atoms with Crippen molar-refractivity contribution >= 4 is 40.6 Å². The lowest BCUT2D eigenvalue weighted by molar-refractivity contribution is 0.257. The van der Waals surface area contributed by atoms with Crippen LogP contribution in [0.25, 0.3) is 0 Å². The normalized spacial score (nSPS) is 13.2. The van der Waals surface area contributed by atoms with Crippen molar-refractivity contribution in [1.82, 2.24) is 0 Å². The monoisotopic (exact) mass is 306 g/mol. The van der Waals surface area contributed by atoms with Gasteiger partial charge in [-0.2, -0.15) is 0 Å². The van der Waals surface area contributed by atoms with Crippen molar-refractivity contribution in [2.24, 2.45) is 0 Å². The van der Waals surface area contributed by atoms with Crippen molar-refractivity contribution in [2.75, 3.05) is 16.8 Å². The number of rotatable bonds is 1. The van der Waals surface area contributed by atoms with Crippen molar-refractivity contribution in [3.05, 3.63) is 58.1 Å². The topological polar surface area (TPSA) is 32.3 Å². The van der Waals surface area contributed by atoms with Gasteiger partial charge in [0.2, 0.25) is 0 Å². The van der Waals surface area contributed by atoms with Crippen LogP contribution < -0.4 is 10.2 Å². The maximum absolute atomic E-state index is 12.4. The SMILES string of the molecule is O=C(Nc1c(Cl)cccc1Cl)N1CCc2ccccc21. The number of para-hydroxylation sites is 2. The van der Waals surface area contributed by atoms with E-state index in [9.17, 15) is 4.79 Å². The van der Waals surface area contributed by atoms with Gasteiger partial charge >= 0.3 is 6.03 Å². The van der Waals surface area contributed by atoms with Gasteiger partial charge in [0.15, 0.2) is 0 Å². The van der Waals surface area contributed by atoms with Gasteiger partial charge < -0.3 is 5.32 Å². The number of nitrogens with zero attached hydrogens (tertiary/aromatic N) is 1. The minimum absolute atomic E-state index is 0.218. The summed E-state index contributed by atoms with van der Waals surface area (Å²) in [7, 11) is 0.